The third-order valence-corrected chi connectivity index (χ3v) is 8.67. The third kappa shape index (κ3) is 6.60. The number of hydrogen-bond acceptors (Lipinski definition) is 10. The second-order valence-electron chi connectivity index (χ2n) is 11.9. The molecule has 4 aromatic rings. The van der Waals surface area contributed by atoms with Gasteiger partial charge < -0.3 is 20.5 Å². The largest absolute Gasteiger partial charge is 0.474 e. The molecule has 0 bridgehead atoms. The molecule has 0 aromatic carbocycles. The van der Waals surface area contributed by atoms with Crippen LogP contribution in [-0.4, -0.2) is 98.9 Å². The molecule has 2 fully saturated rings. The standard InChI is InChI=1S/C33H41N11O2/c34-24-23-25(35)31(37-29-27-12-4-10-18-44(27)40-33(29)46-22-20-42-15-7-2-8-16-42)38-30(24)36-28-26-11-3-9-17-43(26)39-32(28)45-21-19-41-13-5-1-6-14-41/h3-4,9-12,17-18,23,34H,1-2,5-8,13-16,19-22,35H2,(H,36,37,38). The molecule has 0 saturated carbocycles. The lowest BCUT2D eigenvalue weighted by molar-refractivity contribution is 0.180. The summed E-state index contributed by atoms with van der Waals surface area (Å²) in [5.74, 6) is 1.42. The number of nitrogens with one attached hydrogen (secondary N) is 2. The van der Waals surface area contributed by atoms with Gasteiger partial charge in [-0.2, -0.15) is 0 Å². The van der Waals surface area contributed by atoms with E-state index in [1.165, 1.54) is 38.5 Å². The lowest BCUT2D eigenvalue weighted by Crippen LogP contribution is -2.33. The molecule has 13 nitrogen and oxygen atoms in total. The zero-order valence-electron chi connectivity index (χ0n) is 26.1. The highest BCUT2D eigenvalue weighted by Crippen LogP contribution is 2.33. The van der Waals surface area contributed by atoms with Gasteiger partial charge in [0.1, 0.15) is 18.9 Å². The minimum absolute atomic E-state index is 0.129. The number of ether oxygens (including phenoxy) is 2. The van der Waals surface area contributed by atoms with Crippen molar-refractivity contribution in [2.75, 3.05) is 57.8 Å². The van der Waals surface area contributed by atoms with E-state index in [9.17, 15) is 0 Å². The fourth-order valence-corrected chi connectivity index (χ4v) is 6.20. The number of nitrogens with zero attached hydrogens (tertiary/aromatic N) is 8. The topological polar surface area (TPSA) is 146 Å². The van der Waals surface area contributed by atoms with Crippen LogP contribution in [0.2, 0.25) is 0 Å². The predicted octanol–water partition coefficient (Wildman–Crippen LogP) is 4.13. The molecule has 0 spiro atoms. The number of likely N-dealkylation sites (tertiary alicyclic amines) is 2. The maximum Gasteiger partial charge on any atom is 0.260 e. The molecule has 0 radical (unpaired) electrons. The number of aromatic nitrogens is 4. The Balaban J connectivity index is 1.15. The smallest absolute Gasteiger partial charge is 0.260 e. The van der Waals surface area contributed by atoms with E-state index >= 15 is 0 Å². The number of rotatable bonds is 10. The number of anilines is 1. The van der Waals surface area contributed by atoms with Crippen molar-refractivity contribution in [3.05, 3.63) is 60.6 Å². The highest BCUT2D eigenvalue weighted by Gasteiger charge is 2.23. The number of aliphatic imine (C=N–C) groups is 2. The fraction of sp³-hybridized carbons (Fsp3) is 0.424. The van der Waals surface area contributed by atoms with Gasteiger partial charge in [-0.3, -0.25) is 15.2 Å². The van der Waals surface area contributed by atoms with Crippen LogP contribution >= 0.6 is 0 Å². The first-order valence-electron chi connectivity index (χ1n) is 16.3. The molecule has 0 amide bonds. The minimum Gasteiger partial charge on any atom is -0.474 e. The lowest BCUT2D eigenvalue weighted by atomic mass is 10.1. The number of fused-ring (bicyclic) bond motifs is 2. The predicted molar refractivity (Wildman–Crippen MR) is 180 cm³/mol. The monoisotopic (exact) mass is 623 g/mol. The van der Waals surface area contributed by atoms with Crippen LogP contribution in [0, 0.1) is 5.41 Å². The Labute approximate surface area is 267 Å². The van der Waals surface area contributed by atoms with E-state index in [0.717, 1.165) is 50.3 Å². The summed E-state index contributed by atoms with van der Waals surface area (Å²) in [5, 5.41) is 21.4. The molecule has 0 aliphatic carbocycles. The van der Waals surface area contributed by atoms with Gasteiger partial charge in [-0.15, -0.1) is 10.2 Å². The summed E-state index contributed by atoms with van der Waals surface area (Å²) in [6.45, 7) is 7.07. The molecule has 7 rings (SSSR count). The van der Waals surface area contributed by atoms with Gasteiger partial charge >= 0.3 is 0 Å². The van der Waals surface area contributed by atoms with Crippen LogP contribution in [0.1, 0.15) is 38.5 Å². The average Bonchev–Trinajstić information content (AvgIpc) is 3.61. The van der Waals surface area contributed by atoms with Gasteiger partial charge in [0.05, 0.1) is 22.4 Å². The molecule has 46 heavy (non-hydrogen) atoms. The van der Waals surface area contributed by atoms with Crippen LogP contribution in [0.3, 0.4) is 0 Å². The normalized spacial score (nSPS) is 19.0. The molecular weight excluding hydrogens is 582 g/mol. The molecule has 13 heteroatoms. The van der Waals surface area contributed by atoms with Gasteiger partial charge in [0.25, 0.3) is 11.8 Å². The van der Waals surface area contributed by atoms with E-state index < -0.39 is 0 Å². The van der Waals surface area contributed by atoms with Crippen LogP contribution in [0.4, 0.5) is 11.4 Å². The van der Waals surface area contributed by atoms with Crippen molar-refractivity contribution in [3.8, 4) is 11.8 Å². The second-order valence-corrected chi connectivity index (χ2v) is 11.9. The number of nitrogens with two attached hydrogens (primary N) is 1. The first-order valence-corrected chi connectivity index (χ1v) is 16.3. The van der Waals surface area contributed by atoms with Crippen molar-refractivity contribution < 1.29 is 9.47 Å². The summed E-state index contributed by atoms with van der Waals surface area (Å²) in [6.07, 6.45) is 12.8. The summed E-state index contributed by atoms with van der Waals surface area (Å²) < 4.78 is 15.9. The van der Waals surface area contributed by atoms with Crippen LogP contribution in [-0.2, 0) is 0 Å². The number of dihydropyridines is 1. The molecule has 3 aliphatic rings. The number of pyridine rings is 2. The Kier molecular flexibility index (Phi) is 8.92. The van der Waals surface area contributed by atoms with E-state index in [-0.39, 0.29) is 23.1 Å². The van der Waals surface area contributed by atoms with E-state index in [2.05, 4.69) is 25.3 Å². The van der Waals surface area contributed by atoms with E-state index in [1.807, 2.05) is 48.8 Å². The van der Waals surface area contributed by atoms with Gasteiger partial charge in [0, 0.05) is 25.5 Å². The highest BCUT2D eigenvalue weighted by atomic mass is 16.5. The summed E-state index contributed by atoms with van der Waals surface area (Å²) in [4.78, 5) is 14.5. The van der Waals surface area contributed by atoms with Gasteiger partial charge in [-0.25, -0.2) is 19.0 Å². The minimum atomic E-state index is 0.129. The first-order chi connectivity index (χ1) is 22.6. The summed E-state index contributed by atoms with van der Waals surface area (Å²) in [5.41, 5.74) is 9.56. The van der Waals surface area contributed by atoms with Crippen molar-refractivity contribution in [1.29, 1.82) is 5.41 Å². The SMILES string of the molecule is N=C1C=C(N)C(=Nc2c(OCCN3CCCCC3)nn3ccccc23)N=C1Nc1c(OCCN2CCCCC2)nn2ccccc12. The van der Waals surface area contributed by atoms with Gasteiger partial charge in [-0.05, 0) is 82.2 Å². The second kappa shape index (κ2) is 13.7. The molecule has 7 heterocycles. The molecule has 0 unspecified atom stereocenters. The van der Waals surface area contributed by atoms with Crippen LogP contribution in [0.5, 0.6) is 11.8 Å². The summed E-state index contributed by atoms with van der Waals surface area (Å²) >= 11 is 0. The lowest BCUT2D eigenvalue weighted by Gasteiger charge is -2.26. The van der Waals surface area contributed by atoms with Crippen LogP contribution in [0.25, 0.3) is 11.0 Å². The maximum atomic E-state index is 8.71. The third-order valence-electron chi connectivity index (χ3n) is 8.67. The number of piperidine rings is 2. The van der Waals surface area contributed by atoms with E-state index in [4.69, 9.17) is 30.6 Å². The highest BCUT2D eigenvalue weighted by molar-refractivity contribution is 6.52. The van der Waals surface area contributed by atoms with Crippen LogP contribution in [0.15, 0.2) is 70.5 Å². The Bertz CT molecular complexity index is 1790. The molecular formula is C33H41N11O2. The summed E-state index contributed by atoms with van der Waals surface area (Å²) in [6, 6.07) is 11.6. The van der Waals surface area contributed by atoms with Crippen molar-refractivity contribution in [2.24, 2.45) is 15.7 Å². The zero-order chi connectivity index (χ0) is 31.3. The summed E-state index contributed by atoms with van der Waals surface area (Å²) in [7, 11) is 0. The quantitative estimate of drug-likeness (QED) is 0.239. The van der Waals surface area contributed by atoms with Gasteiger partial charge in [0.2, 0.25) is 0 Å². The molecule has 4 aromatic heterocycles. The Hall–Kier alpha value is -4.75. The number of amidine groups is 2. The Morgan fingerprint density at radius 1 is 0.783 bits per heavy atom. The van der Waals surface area contributed by atoms with Crippen molar-refractivity contribution in [3.63, 3.8) is 0 Å². The van der Waals surface area contributed by atoms with E-state index in [0.29, 0.717) is 36.3 Å². The zero-order valence-corrected chi connectivity index (χ0v) is 26.1. The molecule has 4 N–H and O–H groups in total. The molecule has 240 valence electrons. The molecule has 3 aliphatic heterocycles. The average molecular weight is 624 g/mol. The van der Waals surface area contributed by atoms with Gasteiger partial charge in [0.15, 0.2) is 17.4 Å². The number of hydrogen-bond donors (Lipinski definition) is 3. The Morgan fingerprint density at radius 3 is 2.04 bits per heavy atom. The molecule has 2 saturated heterocycles. The van der Waals surface area contributed by atoms with E-state index in [1.54, 1.807) is 15.1 Å². The van der Waals surface area contributed by atoms with Crippen molar-refractivity contribution in [1.82, 2.24) is 29.0 Å². The first kappa shape index (κ1) is 29.9. The van der Waals surface area contributed by atoms with Gasteiger partial charge in [-0.1, -0.05) is 25.0 Å². The van der Waals surface area contributed by atoms with Crippen molar-refractivity contribution in [2.45, 2.75) is 38.5 Å². The van der Waals surface area contributed by atoms with Crippen molar-refractivity contribution >= 4 is 39.8 Å². The fourth-order valence-electron chi connectivity index (χ4n) is 6.20. The Morgan fingerprint density at radius 2 is 1.37 bits per heavy atom. The molecule has 0 atom stereocenters. The van der Waals surface area contributed by atoms with Crippen LogP contribution < -0.4 is 20.5 Å². The maximum absolute atomic E-state index is 8.71.